The van der Waals surface area contributed by atoms with Gasteiger partial charge in [-0.2, -0.15) is 0 Å². The first-order valence-corrected chi connectivity index (χ1v) is 8.93. The fraction of sp³-hybridized carbons (Fsp3) is 0.667. The third-order valence-electron chi connectivity index (χ3n) is 3.48. The minimum atomic E-state index is -0.599. The summed E-state index contributed by atoms with van der Waals surface area (Å²) in [5.74, 6) is -2.15. The van der Waals surface area contributed by atoms with Crippen molar-refractivity contribution in [1.29, 1.82) is 0 Å². The monoisotopic (exact) mass is 386 g/mol. The molecule has 154 valence electrons. The van der Waals surface area contributed by atoms with Crippen molar-refractivity contribution >= 4 is 23.8 Å². The maximum absolute atomic E-state index is 11.6. The molecule has 0 aromatic carbocycles. The van der Waals surface area contributed by atoms with Crippen molar-refractivity contribution in [3.8, 4) is 0 Å². The van der Waals surface area contributed by atoms with Gasteiger partial charge < -0.3 is 24.4 Å². The highest BCUT2D eigenvalue weighted by Crippen LogP contribution is 1.95. The van der Waals surface area contributed by atoms with E-state index in [0.29, 0.717) is 6.54 Å². The summed E-state index contributed by atoms with van der Waals surface area (Å²) in [6, 6.07) is 0. The van der Waals surface area contributed by atoms with E-state index >= 15 is 0 Å². The van der Waals surface area contributed by atoms with Crippen molar-refractivity contribution in [2.24, 2.45) is 0 Å². The number of nitrogens with one attached hydrogen (secondary N) is 1. The minimum absolute atomic E-state index is 0.0804. The maximum atomic E-state index is 11.6. The van der Waals surface area contributed by atoms with Gasteiger partial charge in [0.05, 0.1) is 6.42 Å². The van der Waals surface area contributed by atoms with Gasteiger partial charge in [0.25, 0.3) is 0 Å². The molecule has 0 spiro atoms. The predicted molar refractivity (Wildman–Crippen MR) is 97.7 cm³/mol. The summed E-state index contributed by atoms with van der Waals surface area (Å²) in [5, 5.41) is 2.38. The van der Waals surface area contributed by atoms with E-state index in [1.807, 2.05) is 13.8 Å². The zero-order chi connectivity index (χ0) is 20.7. The molecule has 1 amide bonds. The number of carbonyl (C=O) groups is 4. The number of esters is 3. The van der Waals surface area contributed by atoms with Gasteiger partial charge in [-0.1, -0.05) is 20.4 Å². The van der Waals surface area contributed by atoms with Crippen molar-refractivity contribution in [2.75, 3.05) is 46.0 Å². The van der Waals surface area contributed by atoms with Crippen LogP contribution in [0.1, 0.15) is 33.6 Å². The van der Waals surface area contributed by atoms with Crippen molar-refractivity contribution in [3.63, 3.8) is 0 Å². The fourth-order valence-electron chi connectivity index (χ4n) is 1.84. The second kappa shape index (κ2) is 14.7. The van der Waals surface area contributed by atoms with Crippen molar-refractivity contribution in [1.82, 2.24) is 10.2 Å². The second-order valence-electron chi connectivity index (χ2n) is 5.66. The molecule has 0 rings (SSSR count). The lowest BCUT2D eigenvalue weighted by Crippen LogP contribution is -2.33. The molecule has 0 fully saturated rings. The Bertz CT molecular complexity index is 516. The Morgan fingerprint density at radius 2 is 1.48 bits per heavy atom. The number of amides is 1. The standard InChI is InChI=1S/C18H30N2O7/c1-5-20(6-2)9-10-25-17(23)13-19-15(21)7-8-16(22)26-11-12-27-18(24)14(3)4/h3,5-13H2,1-2,4H3,(H,19,21). The average Bonchev–Trinajstić information content (AvgIpc) is 2.64. The van der Waals surface area contributed by atoms with Crippen molar-refractivity contribution < 1.29 is 33.4 Å². The number of likely N-dealkylation sites (N-methyl/N-ethyl adjacent to an activating group) is 1. The summed E-state index contributed by atoms with van der Waals surface area (Å²) < 4.78 is 14.6. The van der Waals surface area contributed by atoms with Crippen LogP contribution in [-0.4, -0.2) is 74.7 Å². The summed E-state index contributed by atoms with van der Waals surface area (Å²) in [4.78, 5) is 47.8. The van der Waals surface area contributed by atoms with E-state index < -0.39 is 23.8 Å². The largest absolute Gasteiger partial charge is 0.463 e. The van der Waals surface area contributed by atoms with Crippen LogP contribution in [0.25, 0.3) is 0 Å². The second-order valence-corrected chi connectivity index (χ2v) is 5.66. The van der Waals surface area contributed by atoms with Gasteiger partial charge in [0.15, 0.2) is 0 Å². The van der Waals surface area contributed by atoms with Gasteiger partial charge in [0.2, 0.25) is 5.91 Å². The number of carbonyl (C=O) groups excluding carboxylic acids is 4. The lowest BCUT2D eigenvalue weighted by Gasteiger charge is -2.17. The van der Waals surface area contributed by atoms with Gasteiger partial charge in [0.1, 0.15) is 26.4 Å². The van der Waals surface area contributed by atoms with Crippen LogP contribution < -0.4 is 5.32 Å². The van der Waals surface area contributed by atoms with Gasteiger partial charge >= 0.3 is 17.9 Å². The molecule has 0 aliphatic rings. The molecule has 9 nitrogen and oxygen atoms in total. The molecule has 27 heavy (non-hydrogen) atoms. The van der Waals surface area contributed by atoms with E-state index in [2.05, 4.69) is 16.8 Å². The van der Waals surface area contributed by atoms with Gasteiger partial charge in [-0.25, -0.2) is 4.79 Å². The summed E-state index contributed by atoms with van der Waals surface area (Å²) in [6.45, 7) is 11.2. The molecule has 0 unspecified atom stereocenters. The predicted octanol–water partition coefficient (Wildman–Crippen LogP) is 0.430. The van der Waals surface area contributed by atoms with Crippen molar-refractivity contribution in [2.45, 2.75) is 33.6 Å². The Labute approximate surface area is 160 Å². The molecule has 9 heteroatoms. The Morgan fingerprint density at radius 1 is 0.889 bits per heavy atom. The average molecular weight is 386 g/mol. The van der Waals surface area contributed by atoms with E-state index in [1.165, 1.54) is 6.92 Å². The minimum Gasteiger partial charge on any atom is -0.463 e. The Kier molecular flexibility index (Phi) is 13.4. The Hall–Kier alpha value is -2.42. The zero-order valence-corrected chi connectivity index (χ0v) is 16.4. The Morgan fingerprint density at radius 3 is 2.07 bits per heavy atom. The van der Waals surface area contributed by atoms with Gasteiger partial charge in [0, 0.05) is 18.5 Å². The number of nitrogens with zero attached hydrogens (tertiary/aromatic N) is 1. The summed E-state index contributed by atoms with van der Waals surface area (Å²) in [7, 11) is 0. The van der Waals surface area contributed by atoms with E-state index in [4.69, 9.17) is 14.2 Å². The number of ether oxygens (including phenoxy) is 3. The summed E-state index contributed by atoms with van der Waals surface area (Å²) >= 11 is 0. The molecular formula is C18H30N2O7. The molecule has 0 bridgehead atoms. The molecular weight excluding hydrogens is 356 g/mol. The van der Waals surface area contributed by atoms with Crippen LogP contribution in [0.2, 0.25) is 0 Å². The topological polar surface area (TPSA) is 111 Å². The third kappa shape index (κ3) is 13.4. The summed E-state index contributed by atoms with van der Waals surface area (Å²) in [5.41, 5.74) is 0.254. The maximum Gasteiger partial charge on any atom is 0.333 e. The number of hydrogen-bond acceptors (Lipinski definition) is 8. The van der Waals surface area contributed by atoms with Crippen LogP contribution >= 0.6 is 0 Å². The highest BCUT2D eigenvalue weighted by atomic mass is 16.6. The van der Waals surface area contributed by atoms with E-state index in [-0.39, 0.29) is 44.8 Å². The quantitative estimate of drug-likeness (QED) is 0.198. The first-order valence-electron chi connectivity index (χ1n) is 8.93. The molecule has 0 radical (unpaired) electrons. The van der Waals surface area contributed by atoms with Crippen LogP contribution in [0.5, 0.6) is 0 Å². The van der Waals surface area contributed by atoms with E-state index in [9.17, 15) is 19.2 Å². The van der Waals surface area contributed by atoms with Crippen LogP contribution in [0.3, 0.4) is 0 Å². The first kappa shape index (κ1) is 24.6. The molecule has 0 aromatic rings. The van der Waals surface area contributed by atoms with E-state index in [0.717, 1.165) is 13.1 Å². The molecule has 1 N–H and O–H groups in total. The zero-order valence-electron chi connectivity index (χ0n) is 16.4. The van der Waals surface area contributed by atoms with E-state index in [1.54, 1.807) is 0 Å². The SMILES string of the molecule is C=C(C)C(=O)OCCOC(=O)CCC(=O)NCC(=O)OCCN(CC)CC. The smallest absolute Gasteiger partial charge is 0.333 e. The first-order chi connectivity index (χ1) is 12.8. The molecule has 0 atom stereocenters. The lowest BCUT2D eigenvalue weighted by molar-refractivity contribution is -0.150. The molecule has 0 aliphatic heterocycles. The fourth-order valence-corrected chi connectivity index (χ4v) is 1.84. The molecule has 0 heterocycles. The highest BCUT2D eigenvalue weighted by molar-refractivity contribution is 5.87. The molecule has 0 aliphatic carbocycles. The summed E-state index contributed by atoms with van der Waals surface area (Å²) in [6.07, 6.45) is -0.256. The van der Waals surface area contributed by atoms with Crippen LogP contribution in [0, 0.1) is 0 Å². The molecule has 0 saturated carbocycles. The molecule has 0 saturated heterocycles. The third-order valence-corrected chi connectivity index (χ3v) is 3.48. The number of rotatable bonds is 14. The lowest BCUT2D eigenvalue weighted by atomic mass is 10.3. The van der Waals surface area contributed by atoms with Gasteiger partial charge in [-0.15, -0.1) is 0 Å². The van der Waals surface area contributed by atoms with Crippen LogP contribution in [0.4, 0.5) is 0 Å². The highest BCUT2D eigenvalue weighted by Gasteiger charge is 2.11. The molecule has 0 aromatic heterocycles. The van der Waals surface area contributed by atoms with Gasteiger partial charge in [-0.05, 0) is 20.0 Å². The number of hydrogen-bond donors (Lipinski definition) is 1. The Balaban J connectivity index is 3.75. The van der Waals surface area contributed by atoms with Crippen molar-refractivity contribution in [3.05, 3.63) is 12.2 Å². The van der Waals surface area contributed by atoms with Gasteiger partial charge in [-0.3, -0.25) is 14.4 Å². The normalized spacial score (nSPS) is 10.2. The van der Waals surface area contributed by atoms with Crippen LogP contribution in [-0.2, 0) is 33.4 Å². The van der Waals surface area contributed by atoms with Crippen LogP contribution in [0.15, 0.2) is 12.2 Å².